The molecule has 1 N–H and O–H groups in total. The number of carbonyl (C=O) groups is 1. The fraction of sp³-hybridized carbons (Fsp3) is 0.667. The summed E-state index contributed by atoms with van der Waals surface area (Å²) >= 11 is 0. The molecule has 128 valence electrons. The highest BCUT2D eigenvalue weighted by atomic mass is 16.4. The van der Waals surface area contributed by atoms with E-state index in [9.17, 15) is 9.90 Å². The van der Waals surface area contributed by atoms with Gasteiger partial charge in [-0.3, -0.25) is 4.79 Å². The molecule has 0 radical (unpaired) electrons. The molecular weight excluding hydrogens is 284 g/mol. The zero-order chi connectivity index (χ0) is 16.7. The molecule has 2 rings (SSSR count). The van der Waals surface area contributed by atoms with Crippen molar-refractivity contribution in [3.05, 3.63) is 35.4 Å². The molecule has 0 saturated heterocycles. The Kier molecular flexibility index (Phi) is 7.14. The Morgan fingerprint density at radius 2 is 1.61 bits per heavy atom. The lowest BCUT2D eigenvalue weighted by molar-refractivity contribution is -0.138. The van der Waals surface area contributed by atoms with Gasteiger partial charge in [-0.05, 0) is 42.2 Å². The van der Waals surface area contributed by atoms with E-state index in [4.69, 9.17) is 0 Å². The van der Waals surface area contributed by atoms with Gasteiger partial charge in [0.15, 0.2) is 0 Å². The van der Waals surface area contributed by atoms with Crippen LogP contribution >= 0.6 is 0 Å². The van der Waals surface area contributed by atoms with Crippen molar-refractivity contribution in [3.63, 3.8) is 0 Å². The van der Waals surface area contributed by atoms with Gasteiger partial charge in [0.25, 0.3) is 0 Å². The number of benzene rings is 1. The van der Waals surface area contributed by atoms with Gasteiger partial charge in [-0.15, -0.1) is 0 Å². The lowest BCUT2D eigenvalue weighted by Gasteiger charge is -2.28. The van der Waals surface area contributed by atoms with Crippen molar-refractivity contribution in [2.75, 3.05) is 0 Å². The van der Waals surface area contributed by atoms with Crippen LogP contribution in [-0.4, -0.2) is 11.1 Å². The van der Waals surface area contributed by atoms with Crippen LogP contribution in [-0.2, 0) is 11.2 Å². The van der Waals surface area contributed by atoms with Crippen molar-refractivity contribution >= 4 is 5.97 Å². The Balaban J connectivity index is 1.79. The van der Waals surface area contributed by atoms with Crippen molar-refractivity contribution < 1.29 is 9.90 Å². The zero-order valence-corrected chi connectivity index (χ0v) is 14.8. The number of hydrogen-bond acceptors (Lipinski definition) is 1. The molecule has 1 atom stereocenters. The van der Waals surface area contributed by atoms with Crippen molar-refractivity contribution in [2.45, 2.75) is 77.6 Å². The van der Waals surface area contributed by atoms with Crippen LogP contribution in [0.2, 0.25) is 0 Å². The summed E-state index contributed by atoms with van der Waals surface area (Å²) in [6, 6.07) is 8.28. The number of aryl methyl sites for hydroxylation is 1. The van der Waals surface area contributed by atoms with E-state index < -0.39 is 5.97 Å². The SMILES string of the molecule is CCCC1CCC(CCc2ccc(C(CC)C(=O)O)cc2)CC1. The minimum atomic E-state index is -0.718. The van der Waals surface area contributed by atoms with Crippen LogP contribution in [0.3, 0.4) is 0 Å². The van der Waals surface area contributed by atoms with E-state index in [0.29, 0.717) is 6.42 Å². The van der Waals surface area contributed by atoms with Crippen LogP contribution in [0.4, 0.5) is 0 Å². The molecule has 0 bridgehead atoms. The monoisotopic (exact) mass is 316 g/mol. The van der Waals surface area contributed by atoms with Crippen LogP contribution in [0.1, 0.15) is 82.3 Å². The van der Waals surface area contributed by atoms with Crippen LogP contribution in [0.5, 0.6) is 0 Å². The van der Waals surface area contributed by atoms with Crippen LogP contribution in [0.25, 0.3) is 0 Å². The third-order valence-corrected chi connectivity index (χ3v) is 5.59. The molecule has 1 aromatic rings. The number of carboxylic acids is 1. The minimum Gasteiger partial charge on any atom is -0.481 e. The largest absolute Gasteiger partial charge is 0.481 e. The zero-order valence-electron chi connectivity index (χ0n) is 14.8. The molecule has 1 aliphatic carbocycles. The van der Waals surface area contributed by atoms with Gasteiger partial charge in [-0.1, -0.05) is 76.6 Å². The standard InChI is InChI=1S/C21H32O2/c1-3-5-16-6-8-17(9-7-16)10-11-18-12-14-19(15-13-18)20(4-2)21(22)23/h12-17,20H,3-11H2,1-2H3,(H,22,23). The summed E-state index contributed by atoms with van der Waals surface area (Å²) < 4.78 is 0. The molecular formula is C21H32O2. The molecule has 0 amide bonds. The van der Waals surface area contributed by atoms with E-state index in [1.54, 1.807) is 0 Å². The first-order valence-corrected chi connectivity index (χ1v) is 9.45. The van der Waals surface area contributed by atoms with Crippen molar-refractivity contribution in [3.8, 4) is 0 Å². The maximum Gasteiger partial charge on any atom is 0.310 e. The normalized spacial score (nSPS) is 22.7. The number of hydrogen-bond donors (Lipinski definition) is 1. The molecule has 1 aliphatic rings. The Hall–Kier alpha value is -1.31. The van der Waals surface area contributed by atoms with Gasteiger partial charge in [0, 0.05) is 0 Å². The summed E-state index contributed by atoms with van der Waals surface area (Å²) in [5.74, 6) is 0.796. The summed E-state index contributed by atoms with van der Waals surface area (Å²) in [4.78, 5) is 11.2. The van der Waals surface area contributed by atoms with E-state index in [1.165, 1.54) is 50.5 Å². The Morgan fingerprint density at radius 3 is 2.09 bits per heavy atom. The topological polar surface area (TPSA) is 37.3 Å². The van der Waals surface area contributed by atoms with Crippen LogP contribution in [0.15, 0.2) is 24.3 Å². The second-order valence-electron chi connectivity index (χ2n) is 7.25. The quantitative estimate of drug-likeness (QED) is 0.657. The molecule has 1 unspecified atom stereocenters. The maximum atomic E-state index is 11.2. The van der Waals surface area contributed by atoms with Crippen molar-refractivity contribution in [1.29, 1.82) is 0 Å². The predicted molar refractivity (Wildman–Crippen MR) is 95.8 cm³/mol. The fourth-order valence-corrected chi connectivity index (χ4v) is 4.06. The molecule has 0 heterocycles. The smallest absolute Gasteiger partial charge is 0.310 e. The second-order valence-corrected chi connectivity index (χ2v) is 7.25. The molecule has 1 aromatic carbocycles. The molecule has 1 fully saturated rings. The van der Waals surface area contributed by atoms with Gasteiger partial charge in [0.2, 0.25) is 0 Å². The highest BCUT2D eigenvalue weighted by Crippen LogP contribution is 2.33. The number of carboxylic acid groups (broad SMARTS) is 1. The first-order valence-electron chi connectivity index (χ1n) is 9.45. The molecule has 2 heteroatoms. The van der Waals surface area contributed by atoms with Gasteiger partial charge < -0.3 is 5.11 Å². The third-order valence-electron chi connectivity index (χ3n) is 5.59. The summed E-state index contributed by atoms with van der Waals surface area (Å²) in [7, 11) is 0. The van der Waals surface area contributed by atoms with Crippen LogP contribution in [0, 0.1) is 11.8 Å². The first kappa shape index (κ1) is 18.0. The Morgan fingerprint density at radius 1 is 1.04 bits per heavy atom. The number of aliphatic carboxylic acids is 1. The molecule has 0 spiro atoms. The van der Waals surface area contributed by atoms with Gasteiger partial charge in [0.1, 0.15) is 0 Å². The highest BCUT2D eigenvalue weighted by Gasteiger charge is 2.20. The fourth-order valence-electron chi connectivity index (χ4n) is 4.06. The van der Waals surface area contributed by atoms with E-state index in [1.807, 2.05) is 19.1 Å². The summed E-state index contributed by atoms with van der Waals surface area (Å²) in [6.45, 7) is 4.23. The first-order chi connectivity index (χ1) is 11.1. The third kappa shape index (κ3) is 5.37. The van der Waals surface area contributed by atoms with Gasteiger partial charge in [-0.25, -0.2) is 0 Å². The molecule has 0 aliphatic heterocycles. The molecule has 23 heavy (non-hydrogen) atoms. The van der Waals surface area contributed by atoms with Gasteiger partial charge >= 0.3 is 5.97 Å². The summed E-state index contributed by atoms with van der Waals surface area (Å²) in [5.41, 5.74) is 2.29. The Labute approximate surface area is 141 Å². The van der Waals surface area contributed by atoms with Crippen molar-refractivity contribution in [2.24, 2.45) is 11.8 Å². The average molecular weight is 316 g/mol. The summed E-state index contributed by atoms with van der Waals surface area (Å²) in [6.07, 6.45) is 11.5. The van der Waals surface area contributed by atoms with E-state index >= 15 is 0 Å². The lowest BCUT2D eigenvalue weighted by Crippen LogP contribution is -2.15. The highest BCUT2D eigenvalue weighted by molar-refractivity contribution is 5.75. The predicted octanol–water partition coefficient (Wildman–Crippen LogP) is 5.80. The molecule has 2 nitrogen and oxygen atoms in total. The van der Waals surface area contributed by atoms with E-state index in [0.717, 1.165) is 23.8 Å². The Bertz CT molecular complexity index is 469. The van der Waals surface area contributed by atoms with Gasteiger partial charge in [0.05, 0.1) is 5.92 Å². The lowest BCUT2D eigenvalue weighted by atomic mass is 9.78. The summed E-state index contributed by atoms with van der Waals surface area (Å²) in [5, 5.41) is 9.23. The van der Waals surface area contributed by atoms with Crippen molar-refractivity contribution in [1.82, 2.24) is 0 Å². The maximum absolute atomic E-state index is 11.2. The second kappa shape index (κ2) is 9.10. The van der Waals surface area contributed by atoms with Gasteiger partial charge in [-0.2, -0.15) is 0 Å². The minimum absolute atomic E-state index is 0.363. The molecule has 0 aromatic heterocycles. The molecule has 1 saturated carbocycles. The van der Waals surface area contributed by atoms with E-state index in [-0.39, 0.29) is 5.92 Å². The number of rotatable bonds is 8. The van der Waals surface area contributed by atoms with E-state index in [2.05, 4.69) is 19.1 Å². The average Bonchev–Trinajstić information content (AvgIpc) is 2.56. The van der Waals surface area contributed by atoms with Crippen LogP contribution < -0.4 is 0 Å².